The summed E-state index contributed by atoms with van der Waals surface area (Å²) in [7, 11) is 0. The highest BCUT2D eigenvalue weighted by atomic mass is 16.7. The summed E-state index contributed by atoms with van der Waals surface area (Å²) in [6, 6.07) is 8.45. The normalized spacial score (nSPS) is 37.5. The molecule has 1 fully saturated rings. The zero-order valence-electron chi connectivity index (χ0n) is 12.2. The molecule has 1 aromatic rings. The van der Waals surface area contributed by atoms with Gasteiger partial charge in [-0.15, -0.1) is 0 Å². The molecule has 2 aliphatic heterocycles. The minimum atomic E-state index is -0.277. The standard InChI is InChI=1S/C16H23NO2/c1-11-13-7-5-6-8-14(13)16(4)10-12(18)9-15(2,3)17(16)19-11/h5-8,11-12,18H,9-10H2,1-4H3. The van der Waals surface area contributed by atoms with Crippen LogP contribution < -0.4 is 0 Å². The number of hydroxylamine groups is 2. The molecule has 2 heterocycles. The molecule has 3 unspecified atom stereocenters. The fourth-order valence-electron chi connectivity index (χ4n) is 3.98. The van der Waals surface area contributed by atoms with Crippen molar-refractivity contribution >= 4 is 0 Å². The van der Waals surface area contributed by atoms with Crippen LogP contribution in [0.2, 0.25) is 0 Å². The monoisotopic (exact) mass is 261 g/mol. The Kier molecular flexibility index (Phi) is 2.79. The van der Waals surface area contributed by atoms with Crippen molar-refractivity contribution in [1.29, 1.82) is 0 Å². The summed E-state index contributed by atoms with van der Waals surface area (Å²) < 4.78 is 0. The van der Waals surface area contributed by atoms with Gasteiger partial charge in [-0.05, 0) is 51.7 Å². The number of rotatable bonds is 0. The van der Waals surface area contributed by atoms with Gasteiger partial charge in [-0.3, -0.25) is 4.84 Å². The molecular weight excluding hydrogens is 238 g/mol. The van der Waals surface area contributed by atoms with Crippen LogP contribution in [0, 0.1) is 0 Å². The van der Waals surface area contributed by atoms with Crippen LogP contribution in [0.15, 0.2) is 24.3 Å². The third kappa shape index (κ3) is 1.83. The molecule has 0 radical (unpaired) electrons. The molecule has 1 saturated heterocycles. The minimum absolute atomic E-state index is 0.0683. The summed E-state index contributed by atoms with van der Waals surface area (Å²) in [4.78, 5) is 6.21. The first-order chi connectivity index (χ1) is 8.84. The van der Waals surface area contributed by atoms with Crippen molar-refractivity contribution in [1.82, 2.24) is 5.06 Å². The molecule has 104 valence electrons. The van der Waals surface area contributed by atoms with Crippen LogP contribution >= 0.6 is 0 Å². The van der Waals surface area contributed by atoms with E-state index in [1.54, 1.807) is 0 Å². The molecule has 2 aliphatic rings. The van der Waals surface area contributed by atoms with E-state index in [1.807, 2.05) is 0 Å². The topological polar surface area (TPSA) is 32.7 Å². The van der Waals surface area contributed by atoms with E-state index in [-0.39, 0.29) is 23.3 Å². The molecule has 19 heavy (non-hydrogen) atoms. The molecule has 3 heteroatoms. The second-order valence-corrected chi connectivity index (χ2v) is 6.78. The Hall–Kier alpha value is -0.900. The number of nitrogens with zero attached hydrogens (tertiary/aromatic N) is 1. The number of aliphatic hydroxyl groups is 1. The average molecular weight is 261 g/mol. The van der Waals surface area contributed by atoms with E-state index in [2.05, 4.69) is 57.0 Å². The Labute approximate surface area is 115 Å². The molecule has 3 rings (SSSR count). The van der Waals surface area contributed by atoms with Gasteiger partial charge in [0.1, 0.15) is 6.10 Å². The van der Waals surface area contributed by atoms with Crippen molar-refractivity contribution in [3.63, 3.8) is 0 Å². The summed E-state index contributed by atoms with van der Waals surface area (Å²) in [5.74, 6) is 0. The summed E-state index contributed by atoms with van der Waals surface area (Å²) in [5, 5.41) is 12.4. The van der Waals surface area contributed by atoms with Gasteiger partial charge in [0, 0.05) is 5.54 Å². The van der Waals surface area contributed by atoms with E-state index < -0.39 is 0 Å². The SMILES string of the molecule is CC1ON2C(C)(C)CC(O)CC2(C)c2ccccc21. The molecule has 0 saturated carbocycles. The van der Waals surface area contributed by atoms with Gasteiger partial charge < -0.3 is 5.11 Å². The fourth-order valence-corrected chi connectivity index (χ4v) is 3.98. The van der Waals surface area contributed by atoms with E-state index in [0.29, 0.717) is 0 Å². The number of aliphatic hydroxyl groups excluding tert-OH is 1. The molecule has 1 aromatic carbocycles. The Morgan fingerprint density at radius 1 is 1.21 bits per heavy atom. The van der Waals surface area contributed by atoms with Crippen molar-refractivity contribution in [2.24, 2.45) is 0 Å². The lowest BCUT2D eigenvalue weighted by Gasteiger charge is -2.58. The highest BCUT2D eigenvalue weighted by Crippen LogP contribution is 2.51. The van der Waals surface area contributed by atoms with E-state index >= 15 is 0 Å². The maximum atomic E-state index is 10.3. The van der Waals surface area contributed by atoms with Crippen molar-refractivity contribution in [2.45, 2.75) is 63.8 Å². The van der Waals surface area contributed by atoms with Crippen LogP contribution in [0.1, 0.15) is 57.8 Å². The Morgan fingerprint density at radius 2 is 1.89 bits per heavy atom. The maximum absolute atomic E-state index is 10.3. The van der Waals surface area contributed by atoms with Crippen LogP contribution in [-0.2, 0) is 10.4 Å². The first-order valence-electron chi connectivity index (χ1n) is 7.09. The summed E-state index contributed by atoms with van der Waals surface area (Å²) >= 11 is 0. The van der Waals surface area contributed by atoms with Gasteiger partial charge in [0.25, 0.3) is 0 Å². The average Bonchev–Trinajstić information content (AvgIpc) is 2.32. The molecule has 0 spiro atoms. The van der Waals surface area contributed by atoms with Crippen LogP contribution in [0.25, 0.3) is 0 Å². The highest BCUT2D eigenvalue weighted by Gasteiger charge is 2.53. The summed E-state index contributed by atoms with van der Waals surface area (Å²) in [5.41, 5.74) is 2.13. The molecule has 0 aliphatic carbocycles. The lowest BCUT2D eigenvalue weighted by Crippen LogP contribution is -2.63. The Balaban J connectivity index is 2.16. The van der Waals surface area contributed by atoms with Gasteiger partial charge >= 0.3 is 0 Å². The molecule has 3 nitrogen and oxygen atoms in total. The molecule has 3 atom stereocenters. The minimum Gasteiger partial charge on any atom is -0.393 e. The molecular formula is C16H23NO2. The second-order valence-electron chi connectivity index (χ2n) is 6.78. The predicted octanol–water partition coefficient (Wildman–Crippen LogP) is 3.14. The largest absolute Gasteiger partial charge is 0.393 e. The van der Waals surface area contributed by atoms with Crippen molar-refractivity contribution in [3.05, 3.63) is 35.4 Å². The molecule has 0 bridgehead atoms. The zero-order valence-corrected chi connectivity index (χ0v) is 12.2. The third-order valence-electron chi connectivity index (χ3n) is 4.61. The number of hydrogen-bond donors (Lipinski definition) is 1. The third-order valence-corrected chi connectivity index (χ3v) is 4.61. The first kappa shape index (κ1) is 13.1. The maximum Gasteiger partial charge on any atom is 0.102 e. The van der Waals surface area contributed by atoms with Crippen LogP contribution in [-0.4, -0.2) is 21.8 Å². The van der Waals surface area contributed by atoms with Gasteiger partial charge in [0.2, 0.25) is 0 Å². The second kappa shape index (κ2) is 4.05. The van der Waals surface area contributed by atoms with Crippen LogP contribution in [0.5, 0.6) is 0 Å². The van der Waals surface area contributed by atoms with E-state index in [4.69, 9.17) is 4.84 Å². The molecule has 0 amide bonds. The molecule has 0 aromatic heterocycles. The van der Waals surface area contributed by atoms with E-state index in [9.17, 15) is 5.11 Å². The zero-order chi connectivity index (χ0) is 13.8. The van der Waals surface area contributed by atoms with Gasteiger partial charge in [-0.25, -0.2) is 0 Å². The van der Waals surface area contributed by atoms with E-state index in [1.165, 1.54) is 11.1 Å². The van der Waals surface area contributed by atoms with Gasteiger partial charge in [0.05, 0.1) is 11.6 Å². The van der Waals surface area contributed by atoms with Crippen LogP contribution in [0.3, 0.4) is 0 Å². The Morgan fingerprint density at radius 3 is 2.63 bits per heavy atom. The van der Waals surface area contributed by atoms with Crippen molar-refractivity contribution in [2.75, 3.05) is 0 Å². The smallest absolute Gasteiger partial charge is 0.102 e. The highest BCUT2D eigenvalue weighted by molar-refractivity contribution is 5.37. The lowest BCUT2D eigenvalue weighted by molar-refractivity contribution is -0.332. The van der Waals surface area contributed by atoms with Crippen LogP contribution in [0.4, 0.5) is 0 Å². The van der Waals surface area contributed by atoms with Gasteiger partial charge in [0.15, 0.2) is 0 Å². The number of hydrogen-bond acceptors (Lipinski definition) is 3. The first-order valence-corrected chi connectivity index (χ1v) is 7.09. The van der Waals surface area contributed by atoms with E-state index in [0.717, 1.165) is 12.8 Å². The predicted molar refractivity (Wildman–Crippen MR) is 74.5 cm³/mol. The van der Waals surface area contributed by atoms with Gasteiger partial charge in [-0.2, -0.15) is 5.06 Å². The lowest BCUT2D eigenvalue weighted by atomic mass is 9.73. The number of piperidine rings is 1. The Bertz CT molecular complexity index is 499. The van der Waals surface area contributed by atoms with Gasteiger partial charge in [-0.1, -0.05) is 24.3 Å². The summed E-state index contributed by atoms with van der Waals surface area (Å²) in [6.45, 7) is 8.57. The molecule has 1 N–H and O–H groups in total. The number of benzene rings is 1. The summed E-state index contributed by atoms with van der Waals surface area (Å²) in [6.07, 6.45) is 1.26. The fraction of sp³-hybridized carbons (Fsp3) is 0.625. The number of fused-ring (bicyclic) bond motifs is 3. The van der Waals surface area contributed by atoms with Crippen molar-refractivity contribution in [3.8, 4) is 0 Å². The van der Waals surface area contributed by atoms with Crippen molar-refractivity contribution < 1.29 is 9.94 Å². The quantitative estimate of drug-likeness (QED) is 0.778.